The second kappa shape index (κ2) is 3.71. The molecule has 0 aliphatic carbocycles. The van der Waals surface area contributed by atoms with Crippen molar-refractivity contribution in [2.75, 3.05) is 13.3 Å². The molecule has 3 heteroatoms. The smallest absolute Gasteiger partial charge is 0.141 e. The van der Waals surface area contributed by atoms with Crippen molar-refractivity contribution in [2.45, 2.75) is 0 Å². The van der Waals surface area contributed by atoms with E-state index in [1.165, 1.54) is 0 Å². The summed E-state index contributed by atoms with van der Waals surface area (Å²) in [5, 5.41) is 0. The predicted molar refractivity (Wildman–Crippen MR) is 21.1 cm³/mol. The standard InChI is InChI=1S/C4H5F3/c5-2-1-4(7)3-6/h1H,2-3H2/b4-1+. The molecule has 0 aromatic carbocycles. The molecular weight excluding hydrogens is 105 g/mol. The second-order valence-corrected chi connectivity index (χ2v) is 0.939. The number of alkyl halides is 2. The maximum Gasteiger partial charge on any atom is 0.141 e. The number of allylic oxidation sites excluding steroid dienone is 2. The molecule has 0 fully saturated rings. The third-order valence-electron chi connectivity index (χ3n) is 0.426. The van der Waals surface area contributed by atoms with Gasteiger partial charge in [0.25, 0.3) is 0 Å². The van der Waals surface area contributed by atoms with Gasteiger partial charge in [0.2, 0.25) is 0 Å². The predicted octanol–water partition coefficient (Wildman–Crippen LogP) is 1.78. The Balaban J connectivity index is 3.29. The average Bonchev–Trinajstić information content (AvgIpc) is 1.68. The summed E-state index contributed by atoms with van der Waals surface area (Å²) in [5.41, 5.74) is 0. The lowest BCUT2D eigenvalue weighted by Crippen LogP contribution is -1.74. The summed E-state index contributed by atoms with van der Waals surface area (Å²) in [7, 11) is 0. The molecule has 0 spiro atoms. The molecule has 0 aliphatic rings. The van der Waals surface area contributed by atoms with Gasteiger partial charge in [0.15, 0.2) is 0 Å². The maximum absolute atomic E-state index is 11.4. The zero-order valence-electron chi connectivity index (χ0n) is 3.63. The van der Waals surface area contributed by atoms with E-state index in [2.05, 4.69) is 0 Å². The van der Waals surface area contributed by atoms with Crippen molar-refractivity contribution in [3.05, 3.63) is 11.9 Å². The second-order valence-electron chi connectivity index (χ2n) is 0.939. The van der Waals surface area contributed by atoms with E-state index in [4.69, 9.17) is 0 Å². The molecule has 0 saturated carbocycles. The highest BCUT2D eigenvalue weighted by Crippen LogP contribution is 1.94. The van der Waals surface area contributed by atoms with Crippen LogP contribution in [0.2, 0.25) is 0 Å². The maximum atomic E-state index is 11.4. The first-order chi connectivity index (χ1) is 3.31. The van der Waals surface area contributed by atoms with Gasteiger partial charge in [-0.25, -0.2) is 13.2 Å². The Morgan fingerprint density at radius 1 is 1.43 bits per heavy atom. The fourth-order valence-corrected chi connectivity index (χ4v) is 0.138. The lowest BCUT2D eigenvalue weighted by Gasteiger charge is -1.79. The molecule has 0 atom stereocenters. The van der Waals surface area contributed by atoms with Gasteiger partial charge in [-0.05, 0) is 6.08 Å². The molecule has 0 aliphatic heterocycles. The van der Waals surface area contributed by atoms with E-state index in [0.29, 0.717) is 6.08 Å². The largest absolute Gasteiger partial charge is 0.246 e. The first-order valence-corrected chi connectivity index (χ1v) is 1.77. The van der Waals surface area contributed by atoms with Crippen LogP contribution in [-0.4, -0.2) is 13.3 Å². The quantitative estimate of drug-likeness (QED) is 0.508. The van der Waals surface area contributed by atoms with Crippen LogP contribution in [0, 0.1) is 0 Å². The summed E-state index contributed by atoms with van der Waals surface area (Å²) in [6.45, 7) is -2.14. The molecule has 0 unspecified atom stereocenters. The van der Waals surface area contributed by atoms with Gasteiger partial charge < -0.3 is 0 Å². The van der Waals surface area contributed by atoms with E-state index >= 15 is 0 Å². The third kappa shape index (κ3) is 3.36. The van der Waals surface area contributed by atoms with Gasteiger partial charge in [0.05, 0.1) is 0 Å². The fraction of sp³-hybridized carbons (Fsp3) is 0.500. The molecule has 42 valence electrons. The summed E-state index contributed by atoms with van der Waals surface area (Å²) in [6.07, 6.45) is 0.556. The van der Waals surface area contributed by atoms with Crippen molar-refractivity contribution in [1.29, 1.82) is 0 Å². The van der Waals surface area contributed by atoms with Crippen LogP contribution in [0.25, 0.3) is 0 Å². The lowest BCUT2D eigenvalue weighted by atomic mass is 10.5. The lowest BCUT2D eigenvalue weighted by molar-refractivity contribution is 0.449. The van der Waals surface area contributed by atoms with Gasteiger partial charge in [-0.1, -0.05) is 0 Å². The van der Waals surface area contributed by atoms with Gasteiger partial charge in [0.1, 0.15) is 19.2 Å². The summed E-state index contributed by atoms with van der Waals surface area (Å²) in [6, 6.07) is 0. The first-order valence-electron chi connectivity index (χ1n) is 1.77. The number of rotatable bonds is 2. The van der Waals surface area contributed by atoms with Crippen molar-refractivity contribution >= 4 is 0 Å². The van der Waals surface area contributed by atoms with Crippen LogP contribution >= 0.6 is 0 Å². The summed E-state index contributed by atoms with van der Waals surface area (Å²) in [5.74, 6) is -1.04. The molecule has 0 bridgehead atoms. The van der Waals surface area contributed by atoms with E-state index in [1.807, 2.05) is 0 Å². The Hall–Kier alpha value is -0.470. The SMILES string of the molecule is FC/C=C(/F)CF. The van der Waals surface area contributed by atoms with Crippen LogP contribution in [0.3, 0.4) is 0 Å². The van der Waals surface area contributed by atoms with Gasteiger partial charge >= 0.3 is 0 Å². The number of hydrogen-bond donors (Lipinski definition) is 0. The Kier molecular flexibility index (Phi) is 3.46. The highest BCUT2D eigenvalue weighted by atomic mass is 19.2. The minimum atomic E-state index is -1.20. The van der Waals surface area contributed by atoms with Crippen molar-refractivity contribution in [3.63, 3.8) is 0 Å². The van der Waals surface area contributed by atoms with Crippen LogP contribution in [0.4, 0.5) is 13.2 Å². The van der Waals surface area contributed by atoms with Crippen LogP contribution in [0.15, 0.2) is 11.9 Å². The Bertz CT molecular complexity index is 67.3. The van der Waals surface area contributed by atoms with Crippen LogP contribution in [0.1, 0.15) is 0 Å². The minimum absolute atomic E-state index is 0.556. The normalized spacial score (nSPS) is 12.1. The Morgan fingerprint density at radius 2 is 2.00 bits per heavy atom. The zero-order valence-corrected chi connectivity index (χ0v) is 3.63. The van der Waals surface area contributed by atoms with Crippen molar-refractivity contribution in [2.24, 2.45) is 0 Å². The average molecular weight is 110 g/mol. The topological polar surface area (TPSA) is 0 Å². The van der Waals surface area contributed by atoms with Crippen LogP contribution in [0.5, 0.6) is 0 Å². The Morgan fingerprint density at radius 3 is 2.14 bits per heavy atom. The molecule has 0 aromatic heterocycles. The molecule has 7 heavy (non-hydrogen) atoms. The minimum Gasteiger partial charge on any atom is -0.246 e. The van der Waals surface area contributed by atoms with E-state index in [1.54, 1.807) is 0 Å². The molecule has 0 aromatic rings. The number of halogens is 3. The third-order valence-corrected chi connectivity index (χ3v) is 0.426. The molecule has 0 nitrogen and oxygen atoms in total. The molecule has 0 N–H and O–H groups in total. The zero-order chi connectivity index (χ0) is 5.70. The van der Waals surface area contributed by atoms with E-state index in [-0.39, 0.29) is 0 Å². The first kappa shape index (κ1) is 6.53. The van der Waals surface area contributed by atoms with Crippen LogP contribution in [-0.2, 0) is 0 Å². The summed E-state index contributed by atoms with van der Waals surface area (Å²) >= 11 is 0. The monoisotopic (exact) mass is 110 g/mol. The molecule has 0 amide bonds. The van der Waals surface area contributed by atoms with Gasteiger partial charge in [-0.2, -0.15) is 0 Å². The van der Waals surface area contributed by atoms with Gasteiger partial charge in [-0.3, -0.25) is 0 Å². The van der Waals surface area contributed by atoms with Gasteiger partial charge in [0, 0.05) is 0 Å². The highest BCUT2D eigenvalue weighted by molar-refractivity contribution is 4.90. The Labute approximate surface area is 39.6 Å². The summed E-state index contributed by atoms with van der Waals surface area (Å²) < 4.78 is 33.3. The van der Waals surface area contributed by atoms with Gasteiger partial charge in [-0.15, -0.1) is 0 Å². The van der Waals surface area contributed by atoms with Crippen LogP contribution < -0.4 is 0 Å². The van der Waals surface area contributed by atoms with Crippen molar-refractivity contribution < 1.29 is 13.2 Å². The molecule has 0 heterocycles. The van der Waals surface area contributed by atoms with E-state index < -0.39 is 19.2 Å². The van der Waals surface area contributed by atoms with E-state index in [9.17, 15) is 13.2 Å². The number of hydrogen-bond acceptors (Lipinski definition) is 0. The molecular formula is C4H5F3. The summed E-state index contributed by atoms with van der Waals surface area (Å²) in [4.78, 5) is 0. The molecule has 0 saturated heterocycles. The fourth-order valence-electron chi connectivity index (χ4n) is 0.138. The highest BCUT2D eigenvalue weighted by Gasteiger charge is 1.87. The van der Waals surface area contributed by atoms with Crippen molar-refractivity contribution in [3.8, 4) is 0 Å². The van der Waals surface area contributed by atoms with E-state index in [0.717, 1.165) is 0 Å². The van der Waals surface area contributed by atoms with Crippen molar-refractivity contribution in [1.82, 2.24) is 0 Å². The molecule has 0 radical (unpaired) electrons. The molecule has 0 rings (SSSR count).